The number of amides is 1. The molecule has 0 radical (unpaired) electrons. The molecule has 1 amide bonds. The third kappa shape index (κ3) is 7.75. The predicted molar refractivity (Wildman–Crippen MR) is 150 cm³/mol. The van der Waals surface area contributed by atoms with Gasteiger partial charge in [0.15, 0.2) is 17.4 Å². The van der Waals surface area contributed by atoms with Crippen LogP contribution in [-0.2, 0) is 16.0 Å². The van der Waals surface area contributed by atoms with Gasteiger partial charge in [0.25, 0.3) is 0 Å². The summed E-state index contributed by atoms with van der Waals surface area (Å²) in [5.74, 6) is 0.0991. The molecule has 0 spiro atoms. The second-order valence-electron chi connectivity index (χ2n) is 12.0. The van der Waals surface area contributed by atoms with Crippen molar-refractivity contribution in [1.82, 2.24) is 14.8 Å². The van der Waals surface area contributed by atoms with E-state index in [1.807, 2.05) is 23.1 Å². The summed E-state index contributed by atoms with van der Waals surface area (Å²) in [6.07, 6.45) is 8.13. The maximum Gasteiger partial charge on any atom is 0.308 e. The van der Waals surface area contributed by atoms with Crippen LogP contribution in [0.3, 0.4) is 0 Å². The number of ether oxygens (including phenoxy) is 2. The van der Waals surface area contributed by atoms with Crippen molar-refractivity contribution in [2.45, 2.75) is 57.4 Å². The van der Waals surface area contributed by atoms with Gasteiger partial charge in [0, 0.05) is 38.0 Å². The number of rotatable bonds is 15. The van der Waals surface area contributed by atoms with Gasteiger partial charge >= 0.3 is 5.97 Å². The van der Waals surface area contributed by atoms with Crippen LogP contribution in [0.4, 0.5) is 0 Å². The third-order valence-electron chi connectivity index (χ3n) is 7.98. The Labute approximate surface area is 237 Å². The molecule has 1 aromatic carbocycles. The van der Waals surface area contributed by atoms with Gasteiger partial charge in [-0.25, -0.2) is 4.98 Å². The Kier molecular flexibility index (Phi) is 10.1. The van der Waals surface area contributed by atoms with Crippen LogP contribution in [0.15, 0.2) is 35.1 Å². The molecular formula is C30H45N4O6+. The number of carbonyl (C=O) groups excluding carboxylic acids is 1. The summed E-state index contributed by atoms with van der Waals surface area (Å²) < 4.78 is 17.4. The maximum absolute atomic E-state index is 13.7. The Hall–Kier alpha value is -3.11. The Morgan fingerprint density at radius 1 is 1.12 bits per heavy atom. The number of hydrogen-bond acceptors (Lipinski definition) is 7. The van der Waals surface area contributed by atoms with Crippen LogP contribution >= 0.6 is 0 Å². The molecule has 1 N–H and O–H groups in total. The molecule has 0 saturated carbocycles. The van der Waals surface area contributed by atoms with E-state index in [0.29, 0.717) is 36.8 Å². The van der Waals surface area contributed by atoms with Gasteiger partial charge in [-0.15, -0.1) is 0 Å². The van der Waals surface area contributed by atoms with Crippen molar-refractivity contribution in [3.63, 3.8) is 0 Å². The number of benzene rings is 1. The fourth-order valence-electron chi connectivity index (χ4n) is 5.85. The highest BCUT2D eigenvalue weighted by Gasteiger charge is 2.47. The predicted octanol–water partition coefficient (Wildman–Crippen LogP) is 3.62. The fraction of sp³-hybridized carbons (Fsp3) is 0.633. The molecule has 220 valence electrons. The summed E-state index contributed by atoms with van der Waals surface area (Å²) in [6, 6.07) is 5.32. The van der Waals surface area contributed by atoms with E-state index in [4.69, 9.17) is 13.9 Å². The molecular weight excluding hydrogens is 512 g/mol. The lowest BCUT2D eigenvalue weighted by atomic mass is 9.83. The van der Waals surface area contributed by atoms with E-state index in [-0.39, 0.29) is 31.2 Å². The van der Waals surface area contributed by atoms with Crippen LogP contribution < -0.4 is 9.47 Å². The minimum absolute atomic E-state index is 0.0651. The number of aliphatic carboxylic acids is 1. The first-order valence-corrected chi connectivity index (χ1v) is 14.5. The third-order valence-corrected chi connectivity index (χ3v) is 7.98. The van der Waals surface area contributed by atoms with Crippen molar-refractivity contribution in [3.05, 3.63) is 42.1 Å². The summed E-state index contributed by atoms with van der Waals surface area (Å²) in [5, 5.41) is 10.4. The van der Waals surface area contributed by atoms with Gasteiger partial charge in [0.2, 0.25) is 12.7 Å². The van der Waals surface area contributed by atoms with Crippen LogP contribution in [0.1, 0.15) is 56.4 Å². The SMILES string of the molecule is CCCCN(CCCC[N+](C)(C)C)C(=O)CN1C[C@H](c2ccc3c(c2)OCO3)C(C(=O)O)[C@@H]1CCc1ncco1. The minimum atomic E-state index is -0.863. The standard InChI is InChI=1S/C30H44N4O6/c1-5-6-14-32(15-7-8-16-34(2,3)4)28(35)20-33-19-23(22-9-11-25-26(18-22)40-21-39-25)29(30(36)37)24(33)10-12-27-31-13-17-38-27/h9,11,13,17-18,23-24,29H,5-8,10,12,14-16,19-21H2,1-4H3/p+1/t23-,24+,29?/m1/s1. The van der Waals surface area contributed by atoms with Gasteiger partial charge in [0.1, 0.15) is 6.26 Å². The summed E-state index contributed by atoms with van der Waals surface area (Å²) in [4.78, 5) is 34.7. The molecule has 1 aromatic heterocycles. The molecule has 10 heteroatoms. The molecule has 10 nitrogen and oxygen atoms in total. The number of oxazole rings is 1. The highest BCUT2D eigenvalue weighted by atomic mass is 16.7. The fourth-order valence-corrected chi connectivity index (χ4v) is 5.85. The molecule has 0 aliphatic carbocycles. The van der Waals surface area contributed by atoms with Gasteiger partial charge in [-0.3, -0.25) is 14.5 Å². The van der Waals surface area contributed by atoms with E-state index < -0.39 is 11.9 Å². The number of fused-ring (bicyclic) bond motifs is 1. The van der Waals surface area contributed by atoms with Gasteiger partial charge < -0.3 is 28.4 Å². The van der Waals surface area contributed by atoms with Crippen LogP contribution in [0, 0.1) is 5.92 Å². The zero-order valence-corrected chi connectivity index (χ0v) is 24.4. The lowest BCUT2D eigenvalue weighted by Gasteiger charge is -2.30. The number of likely N-dealkylation sites (tertiary alicyclic amines) is 1. The summed E-state index contributed by atoms with van der Waals surface area (Å²) in [5.41, 5.74) is 0.885. The van der Waals surface area contributed by atoms with Crippen molar-refractivity contribution in [2.75, 3.05) is 60.7 Å². The Balaban J connectivity index is 1.52. The van der Waals surface area contributed by atoms with Crippen molar-refractivity contribution in [1.29, 1.82) is 0 Å². The van der Waals surface area contributed by atoms with Gasteiger partial charge in [-0.2, -0.15) is 0 Å². The number of hydrogen-bond donors (Lipinski definition) is 1. The number of carboxylic acids is 1. The molecule has 3 atom stereocenters. The molecule has 2 aromatic rings. The maximum atomic E-state index is 13.7. The number of unbranched alkanes of at least 4 members (excludes halogenated alkanes) is 2. The highest BCUT2D eigenvalue weighted by molar-refractivity contribution is 5.79. The average molecular weight is 558 g/mol. The number of nitrogens with zero attached hydrogens (tertiary/aromatic N) is 4. The first-order valence-electron chi connectivity index (χ1n) is 14.5. The monoisotopic (exact) mass is 557 g/mol. The number of aromatic nitrogens is 1. The molecule has 1 saturated heterocycles. The largest absolute Gasteiger partial charge is 0.481 e. The molecule has 0 bridgehead atoms. The lowest BCUT2D eigenvalue weighted by Crippen LogP contribution is -2.45. The van der Waals surface area contributed by atoms with Gasteiger partial charge in [0.05, 0.1) is 46.3 Å². The van der Waals surface area contributed by atoms with E-state index in [0.717, 1.165) is 55.4 Å². The zero-order chi connectivity index (χ0) is 28.7. The second-order valence-corrected chi connectivity index (χ2v) is 12.0. The lowest BCUT2D eigenvalue weighted by molar-refractivity contribution is -0.870. The van der Waals surface area contributed by atoms with Crippen LogP contribution in [0.5, 0.6) is 11.5 Å². The van der Waals surface area contributed by atoms with Gasteiger partial charge in [-0.1, -0.05) is 19.4 Å². The van der Waals surface area contributed by atoms with Crippen LogP contribution in [0.25, 0.3) is 0 Å². The number of carboxylic acid groups (broad SMARTS) is 1. The Morgan fingerprint density at radius 2 is 1.90 bits per heavy atom. The van der Waals surface area contributed by atoms with Crippen molar-refractivity contribution >= 4 is 11.9 Å². The molecule has 2 aliphatic heterocycles. The van der Waals surface area contributed by atoms with Crippen molar-refractivity contribution in [3.8, 4) is 11.5 Å². The molecule has 3 heterocycles. The van der Waals surface area contributed by atoms with Gasteiger partial charge in [-0.05, 0) is 43.4 Å². The normalized spacial score (nSPS) is 20.6. The first-order chi connectivity index (χ1) is 19.2. The van der Waals surface area contributed by atoms with E-state index in [9.17, 15) is 14.7 Å². The van der Waals surface area contributed by atoms with Crippen molar-refractivity contribution in [2.24, 2.45) is 5.92 Å². The Bertz CT molecular complexity index is 1120. The topological polar surface area (TPSA) is 105 Å². The molecule has 2 aliphatic rings. The highest BCUT2D eigenvalue weighted by Crippen LogP contribution is 2.43. The van der Waals surface area contributed by atoms with Crippen molar-refractivity contribution < 1.29 is 33.1 Å². The first kappa shape index (κ1) is 29.9. The summed E-state index contributed by atoms with van der Waals surface area (Å²) in [7, 11) is 6.55. The molecule has 1 fully saturated rings. The molecule has 40 heavy (non-hydrogen) atoms. The zero-order valence-electron chi connectivity index (χ0n) is 24.4. The summed E-state index contributed by atoms with van der Waals surface area (Å²) >= 11 is 0. The number of quaternary nitrogens is 1. The number of aryl methyl sites for hydroxylation is 1. The van der Waals surface area contributed by atoms with E-state index >= 15 is 0 Å². The summed E-state index contributed by atoms with van der Waals surface area (Å²) in [6.45, 7) is 5.47. The van der Waals surface area contributed by atoms with E-state index in [2.05, 4.69) is 38.0 Å². The Morgan fingerprint density at radius 3 is 2.60 bits per heavy atom. The van der Waals surface area contributed by atoms with Crippen LogP contribution in [-0.4, -0.2) is 103 Å². The quantitative estimate of drug-likeness (QED) is 0.262. The van der Waals surface area contributed by atoms with E-state index in [1.54, 1.807) is 6.20 Å². The smallest absolute Gasteiger partial charge is 0.308 e. The number of carbonyl (C=O) groups is 2. The van der Waals surface area contributed by atoms with E-state index in [1.165, 1.54) is 6.26 Å². The minimum Gasteiger partial charge on any atom is -0.481 e. The average Bonchev–Trinajstić information content (AvgIpc) is 3.66. The second kappa shape index (κ2) is 13.5. The molecule has 4 rings (SSSR count). The van der Waals surface area contributed by atoms with Crippen LogP contribution in [0.2, 0.25) is 0 Å². The molecule has 1 unspecified atom stereocenters.